The minimum atomic E-state index is -0.928. The van der Waals surface area contributed by atoms with E-state index in [1.54, 1.807) is 0 Å². The molecule has 0 saturated carbocycles. The van der Waals surface area contributed by atoms with E-state index >= 15 is 0 Å². The number of likely N-dealkylation sites (N-methyl/N-ethyl adjacent to an activating group) is 1. The van der Waals surface area contributed by atoms with E-state index in [0.29, 0.717) is 18.3 Å². The van der Waals surface area contributed by atoms with Crippen molar-refractivity contribution in [2.24, 2.45) is 0 Å². The number of carboxylic acid groups (broad SMARTS) is 1. The number of hydrogen-bond donors (Lipinski definition) is 2. The standard InChI is InChI=1S/C13H25N3O3S/c1-5-11-16(10(8-20-11)12(17)18)13(19)14-6-7-15(4)9(2)3/h9-11H,5-8H2,1-4H3,(H,14,19)(H,17,18). The summed E-state index contributed by atoms with van der Waals surface area (Å²) in [5, 5.41) is 12.0. The number of carboxylic acids is 1. The van der Waals surface area contributed by atoms with Crippen LogP contribution in [0.5, 0.6) is 0 Å². The fourth-order valence-electron chi connectivity index (χ4n) is 2.03. The summed E-state index contributed by atoms with van der Waals surface area (Å²) in [4.78, 5) is 27.0. The van der Waals surface area contributed by atoms with Gasteiger partial charge in [-0.25, -0.2) is 9.59 Å². The maximum absolute atomic E-state index is 12.2. The summed E-state index contributed by atoms with van der Waals surface area (Å²) in [6, 6.07) is -0.566. The molecule has 2 unspecified atom stereocenters. The van der Waals surface area contributed by atoms with E-state index in [4.69, 9.17) is 0 Å². The Labute approximate surface area is 124 Å². The number of carbonyl (C=O) groups is 2. The molecule has 2 N–H and O–H groups in total. The van der Waals surface area contributed by atoms with Crippen LogP contribution in [0.4, 0.5) is 4.79 Å². The van der Waals surface area contributed by atoms with Gasteiger partial charge in [0.2, 0.25) is 0 Å². The first kappa shape index (κ1) is 17.1. The van der Waals surface area contributed by atoms with Crippen molar-refractivity contribution in [3.05, 3.63) is 0 Å². The van der Waals surface area contributed by atoms with Crippen molar-refractivity contribution in [3.8, 4) is 0 Å². The number of aliphatic carboxylic acids is 1. The molecule has 1 aliphatic heterocycles. The van der Waals surface area contributed by atoms with Crippen molar-refractivity contribution >= 4 is 23.8 Å². The van der Waals surface area contributed by atoms with Crippen LogP contribution in [0.15, 0.2) is 0 Å². The highest BCUT2D eigenvalue weighted by atomic mass is 32.2. The lowest BCUT2D eigenvalue weighted by Gasteiger charge is -2.27. The molecular weight excluding hydrogens is 278 g/mol. The fourth-order valence-corrected chi connectivity index (χ4v) is 3.38. The van der Waals surface area contributed by atoms with E-state index < -0.39 is 12.0 Å². The molecule has 116 valence electrons. The quantitative estimate of drug-likeness (QED) is 0.773. The maximum Gasteiger partial charge on any atom is 0.327 e. The predicted octanol–water partition coefficient (Wildman–Crippen LogP) is 1.27. The largest absolute Gasteiger partial charge is 0.480 e. The first-order valence-electron chi connectivity index (χ1n) is 6.99. The zero-order chi connectivity index (χ0) is 15.3. The Morgan fingerprint density at radius 3 is 2.65 bits per heavy atom. The molecule has 0 aromatic rings. The lowest BCUT2D eigenvalue weighted by Crippen LogP contribution is -2.51. The van der Waals surface area contributed by atoms with E-state index in [-0.39, 0.29) is 11.4 Å². The van der Waals surface area contributed by atoms with Gasteiger partial charge >= 0.3 is 12.0 Å². The second-order valence-corrected chi connectivity index (χ2v) is 6.47. The van der Waals surface area contributed by atoms with Gasteiger partial charge in [0.15, 0.2) is 0 Å². The molecule has 0 radical (unpaired) electrons. The van der Waals surface area contributed by atoms with Gasteiger partial charge in [-0.1, -0.05) is 6.92 Å². The van der Waals surface area contributed by atoms with Crippen molar-refractivity contribution in [2.75, 3.05) is 25.9 Å². The van der Waals surface area contributed by atoms with Gasteiger partial charge in [-0.15, -0.1) is 11.8 Å². The summed E-state index contributed by atoms with van der Waals surface area (Å²) >= 11 is 1.53. The summed E-state index contributed by atoms with van der Waals surface area (Å²) in [6.45, 7) is 7.42. The van der Waals surface area contributed by atoms with E-state index in [2.05, 4.69) is 24.1 Å². The zero-order valence-electron chi connectivity index (χ0n) is 12.6. The van der Waals surface area contributed by atoms with E-state index in [1.165, 1.54) is 16.7 Å². The highest BCUT2D eigenvalue weighted by Crippen LogP contribution is 2.31. The molecule has 1 aliphatic rings. The maximum atomic E-state index is 12.2. The van der Waals surface area contributed by atoms with Crippen LogP contribution >= 0.6 is 11.8 Å². The Balaban J connectivity index is 2.53. The van der Waals surface area contributed by atoms with Gasteiger partial charge in [0, 0.05) is 24.9 Å². The third-order valence-corrected chi connectivity index (χ3v) is 5.04. The van der Waals surface area contributed by atoms with E-state index in [1.807, 2.05) is 14.0 Å². The first-order chi connectivity index (χ1) is 9.38. The lowest BCUT2D eigenvalue weighted by molar-refractivity contribution is -0.141. The van der Waals surface area contributed by atoms with Crippen LogP contribution in [0.2, 0.25) is 0 Å². The topological polar surface area (TPSA) is 72.9 Å². The normalized spacial score (nSPS) is 22.6. The van der Waals surface area contributed by atoms with Crippen LogP contribution in [-0.4, -0.2) is 70.3 Å². The van der Waals surface area contributed by atoms with E-state index in [0.717, 1.165) is 13.0 Å². The molecule has 0 aliphatic carbocycles. The number of nitrogens with zero attached hydrogens (tertiary/aromatic N) is 2. The second kappa shape index (κ2) is 7.73. The van der Waals surface area contributed by atoms with Crippen LogP contribution in [0.1, 0.15) is 27.2 Å². The fraction of sp³-hybridized carbons (Fsp3) is 0.846. The van der Waals surface area contributed by atoms with Crippen LogP contribution in [0.3, 0.4) is 0 Å². The smallest absolute Gasteiger partial charge is 0.327 e. The molecule has 0 aromatic carbocycles. The number of hydrogen-bond acceptors (Lipinski definition) is 4. The average Bonchev–Trinajstić information content (AvgIpc) is 2.82. The SMILES string of the molecule is CCC1SCC(C(=O)O)N1C(=O)NCCN(C)C(C)C. The third-order valence-electron chi connectivity index (χ3n) is 3.58. The highest BCUT2D eigenvalue weighted by Gasteiger charge is 2.40. The van der Waals surface area contributed by atoms with Crippen LogP contribution in [0, 0.1) is 0 Å². The zero-order valence-corrected chi connectivity index (χ0v) is 13.4. The van der Waals surface area contributed by atoms with E-state index in [9.17, 15) is 14.7 Å². The monoisotopic (exact) mass is 303 g/mol. The van der Waals surface area contributed by atoms with Crippen molar-refractivity contribution in [3.63, 3.8) is 0 Å². The van der Waals surface area contributed by atoms with Crippen LogP contribution < -0.4 is 5.32 Å². The lowest BCUT2D eigenvalue weighted by atomic mass is 10.3. The summed E-state index contributed by atoms with van der Waals surface area (Å²) in [7, 11) is 2.00. The molecule has 1 heterocycles. The Hall–Kier alpha value is -0.950. The molecule has 0 aromatic heterocycles. The van der Waals surface area contributed by atoms with Crippen LogP contribution in [-0.2, 0) is 4.79 Å². The van der Waals surface area contributed by atoms with Gasteiger partial charge in [0.05, 0.1) is 5.37 Å². The number of amides is 2. The van der Waals surface area contributed by atoms with Gasteiger partial charge in [0.1, 0.15) is 6.04 Å². The number of thioether (sulfide) groups is 1. The Kier molecular flexibility index (Phi) is 6.61. The number of urea groups is 1. The number of carbonyl (C=O) groups excluding carboxylic acids is 1. The molecule has 2 atom stereocenters. The first-order valence-corrected chi connectivity index (χ1v) is 8.04. The summed E-state index contributed by atoms with van der Waals surface area (Å²) < 4.78 is 0. The highest BCUT2D eigenvalue weighted by molar-refractivity contribution is 8.00. The van der Waals surface area contributed by atoms with Gasteiger partial charge < -0.3 is 15.3 Å². The van der Waals surface area contributed by atoms with Crippen molar-refractivity contribution in [2.45, 2.75) is 44.6 Å². The molecule has 0 spiro atoms. The minimum absolute atomic E-state index is 0.0427. The summed E-state index contributed by atoms with van der Waals surface area (Å²) in [6.07, 6.45) is 0.758. The molecule has 1 saturated heterocycles. The Morgan fingerprint density at radius 1 is 1.50 bits per heavy atom. The molecule has 1 rings (SSSR count). The summed E-state index contributed by atoms with van der Waals surface area (Å²) in [5.74, 6) is -0.462. The average molecular weight is 303 g/mol. The molecule has 20 heavy (non-hydrogen) atoms. The molecule has 1 fully saturated rings. The predicted molar refractivity (Wildman–Crippen MR) is 81.0 cm³/mol. The Bertz CT molecular complexity index is 352. The molecule has 0 bridgehead atoms. The molecule has 7 heteroatoms. The van der Waals surface area contributed by atoms with Crippen LogP contribution in [0.25, 0.3) is 0 Å². The number of rotatable bonds is 6. The Morgan fingerprint density at radius 2 is 2.15 bits per heavy atom. The minimum Gasteiger partial charge on any atom is -0.480 e. The van der Waals surface area contributed by atoms with Gasteiger partial charge in [-0.3, -0.25) is 4.90 Å². The number of nitrogens with one attached hydrogen (secondary N) is 1. The molecule has 2 amide bonds. The second-order valence-electron chi connectivity index (χ2n) is 5.26. The third kappa shape index (κ3) is 4.28. The van der Waals surface area contributed by atoms with Crippen molar-refractivity contribution in [1.82, 2.24) is 15.1 Å². The molecule has 6 nitrogen and oxygen atoms in total. The molecular formula is C13H25N3O3S. The van der Waals surface area contributed by atoms with Gasteiger partial charge in [0.25, 0.3) is 0 Å². The van der Waals surface area contributed by atoms with Gasteiger partial charge in [-0.05, 0) is 27.3 Å². The van der Waals surface area contributed by atoms with Gasteiger partial charge in [-0.2, -0.15) is 0 Å². The van der Waals surface area contributed by atoms with Crippen molar-refractivity contribution in [1.29, 1.82) is 0 Å². The van der Waals surface area contributed by atoms with Crippen molar-refractivity contribution < 1.29 is 14.7 Å². The summed E-state index contributed by atoms with van der Waals surface area (Å²) in [5.41, 5.74) is 0.